The summed E-state index contributed by atoms with van der Waals surface area (Å²) in [5, 5.41) is 61.7. The van der Waals surface area contributed by atoms with Gasteiger partial charge in [-0.1, -0.05) is 0 Å². The van der Waals surface area contributed by atoms with Gasteiger partial charge in [0, 0.05) is 18.4 Å². The number of nitrogens with one attached hydrogen (secondary N) is 7. The average molecular weight is 791 g/mol. The van der Waals surface area contributed by atoms with Gasteiger partial charge < -0.3 is 73.9 Å². The second kappa shape index (κ2) is 23.7. The number of rotatable bonds is 25. The van der Waals surface area contributed by atoms with E-state index in [0.29, 0.717) is 6.42 Å². The molecule has 1 rings (SSSR count). The van der Waals surface area contributed by atoms with Crippen molar-refractivity contribution in [2.45, 2.75) is 100 Å². The number of nitrogens with two attached hydrogens (primary N) is 2. The first kappa shape index (κ1) is 47.1. The number of aromatic amines is 1. The maximum absolute atomic E-state index is 13.6. The molecule has 0 saturated heterocycles. The standard InChI is InChI=1S/C30H50N10O13S/c1-13(42)22(29(51)37-18(7-15-9-33-12-34-15)27(49)40-23(14(2)43)30(52)53)39-25(47)17(5-3-4-6-31)35-26(48)19(8-21(44)45)36-28(50)20(11-54)38-24(46)16(32)10-41/h9,12-14,16-20,22-23,41-43,54H,3-8,10-11,31-32H2,1-2H3,(H,33,34)(H,35,48)(H,36,50)(H,37,51)(H,38,46)(H,39,47)(H,40,49)(H,44,45)(H,52,53)/t13-,14-,16+,17+,18+,19+,20+,22+,23+/m1/s1. The van der Waals surface area contributed by atoms with Crippen molar-refractivity contribution in [3.63, 3.8) is 0 Å². The minimum absolute atomic E-state index is 0.120. The Morgan fingerprint density at radius 2 is 1.28 bits per heavy atom. The Balaban J connectivity index is 3.29. The number of carboxylic acids is 2. The molecular formula is C30H50N10O13S. The van der Waals surface area contributed by atoms with E-state index in [0.717, 1.165) is 13.8 Å². The number of carbonyl (C=O) groups excluding carboxylic acids is 6. The molecule has 0 radical (unpaired) electrons. The molecule has 16 N–H and O–H groups in total. The molecule has 0 saturated carbocycles. The fraction of sp³-hybridized carbons (Fsp3) is 0.633. The molecular weight excluding hydrogens is 740 g/mol. The van der Waals surface area contributed by atoms with E-state index < -0.39 is 115 Å². The van der Waals surface area contributed by atoms with Crippen LogP contribution in [0.3, 0.4) is 0 Å². The smallest absolute Gasteiger partial charge is 0.328 e. The number of aliphatic hydroxyl groups excluding tert-OH is 3. The highest BCUT2D eigenvalue weighted by molar-refractivity contribution is 7.80. The highest BCUT2D eigenvalue weighted by Crippen LogP contribution is 2.07. The molecule has 24 heteroatoms. The van der Waals surface area contributed by atoms with E-state index in [-0.39, 0.29) is 37.3 Å². The van der Waals surface area contributed by atoms with Crippen LogP contribution >= 0.6 is 12.6 Å². The van der Waals surface area contributed by atoms with Gasteiger partial charge in [-0.25, -0.2) is 9.78 Å². The van der Waals surface area contributed by atoms with Gasteiger partial charge in [0.25, 0.3) is 0 Å². The Kier molecular flexibility index (Phi) is 20.7. The summed E-state index contributed by atoms with van der Waals surface area (Å²) in [7, 11) is 0. The monoisotopic (exact) mass is 790 g/mol. The number of aliphatic carboxylic acids is 2. The number of aliphatic hydroxyl groups is 3. The van der Waals surface area contributed by atoms with Crippen molar-refractivity contribution < 1.29 is 63.9 Å². The molecule has 0 fully saturated rings. The second-order valence-corrected chi connectivity index (χ2v) is 12.5. The van der Waals surface area contributed by atoms with Crippen LogP contribution in [-0.4, -0.2) is 156 Å². The van der Waals surface area contributed by atoms with Crippen LogP contribution in [-0.2, 0) is 44.8 Å². The number of hydrogen-bond acceptors (Lipinski definition) is 15. The maximum atomic E-state index is 13.6. The van der Waals surface area contributed by atoms with Crippen molar-refractivity contribution in [3.8, 4) is 0 Å². The summed E-state index contributed by atoms with van der Waals surface area (Å²) in [5.41, 5.74) is 11.3. The molecule has 0 bridgehead atoms. The predicted molar refractivity (Wildman–Crippen MR) is 189 cm³/mol. The number of thiol groups is 1. The Morgan fingerprint density at radius 1 is 0.759 bits per heavy atom. The minimum Gasteiger partial charge on any atom is -0.481 e. The van der Waals surface area contributed by atoms with Crippen LogP contribution in [0.5, 0.6) is 0 Å². The van der Waals surface area contributed by atoms with Crippen LogP contribution < -0.4 is 43.4 Å². The lowest BCUT2D eigenvalue weighted by Crippen LogP contribution is -2.62. The second-order valence-electron chi connectivity index (χ2n) is 12.2. The molecule has 1 aromatic heterocycles. The van der Waals surface area contributed by atoms with Gasteiger partial charge >= 0.3 is 11.9 Å². The van der Waals surface area contributed by atoms with Crippen LogP contribution in [0, 0.1) is 0 Å². The average Bonchev–Trinajstić information content (AvgIpc) is 3.62. The molecule has 1 heterocycles. The van der Waals surface area contributed by atoms with Crippen LogP contribution in [0.25, 0.3) is 0 Å². The van der Waals surface area contributed by atoms with Crippen LogP contribution in [0.1, 0.15) is 45.2 Å². The largest absolute Gasteiger partial charge is 0.481 e. The molecule has 0 aliphatic carbocycles. The van der Waals surface area contributed by atoms with Crippen molar-refractivity contribution in [1.29, 1.82) is 0 Å². The number of amides is 6. The van der Waals surface area contributed by atoms with E-state index in [4.69, 9.17) is 16.6 Å². The minimum atomic E-state index is -1.81. The summed E-state index contributed by atoms with van der Waals surface area (Å²) in [5.74, 6) is -9.78. The fourth-order valence-corrected chi connectivity index (χ4v) is 4.89. The van der Waals surface area contributed by atoms with Crippen molar-refractivity contribution in [2.75, 3.05) is 18.9 Å². The van der Waals surface area contributed by atoms with Gasteiger partial charge in [0.05, 0.1) is 37.3 Å². The van der Waals surface area contributed by atoms with E-state index in [1.54, 1.807) is 0 Å². The third kappa shape index (κ3) is 16.0. The summed E-state index contributed by atoms with van der Waals surface area (Å²) in [6, 6.07) is -11.2. The summed E-state index contributed by atoms with van der Waals surface area (Å²) >= 11 is 3.98. The zero-order chi connectivity index (χ0) is 41.1. The number of nitrogens with zero attached hydrogens (tertiary/aromatic N) is 1. The van der Waals surface area contributed by atoms with Crippen molar-refractivity contribution >= 4 is 60.0 Å². The summed E-state index contributed by atoms with van der Waals surface area (Å²) in [4.78, 5) is 108. The topological polar surface area (TPSA) is 391 Å². The van der Waals surface area contributed by atoms with Crippen LogP contribution in [0.4, 0.5) is 0 Å². The Morgan fingerprint density at radius 3 is 1.78 bits per heavy atom. The molecule has 0 aliphatic heterocycles. The van der Waals surface area contributed by atoms with E-state index >= 15 is 0 Å². The van der Waals surface area contributed by atoms with E-state index in [2.05, 4.69) is 54.5 Å². The zero-order valence-electron chi connectivity index (χ0n) is 29.6. The molecule has 0 unspecified atom stereocenters. The number of carboxylic acid groups (broad SMARTS) is 2. The third-order valence-corrected chi connectivity index (χ3v) is 8.02. The first-order chi connectivity index (χ1) is 25.4. The number of H-pyrrole nitrogens is 1. The Labute approximate surface area is 314 Å². The highest BCUT2D eigenvalue weighted by Gasteiger charge is 2.36. The molecule has 0 aromatic carbocycles. The lowest BCUT2D eigenvalue weighted by atomic mass is 10.0. The van der Waals surface area contributed by atoms with E-state index in [9.17, 15) is 58.8 Å². The molecule has 0 spiro atoms. The van der Waals surface area contributed by atoms with Gasteiger partial charge in [-0.05, 0) is 39.7 Å². The van der Waals surface area contributed by atoms with Crippen molar-refractivity contribution in [2.24, 2.45) is 11.5 Å². The number of imidazole rings is 1. The van der Waals surface area contributed by atoms with Gasteiger partial charge in [0.1, 0.15) is 36.3 Å². The molecule has 1 aromatic rings. The Bertz CT molecular complexity index is 1430. The summed E-state index contributed by atoms with van der Waals surface area (Å²) in [6.45, 7) is 1.69. The molecule has 0 aliphatic rings. The van der Waals surface area contributed by atoms with Gasteiger partial charge in [-0.3, -0.25) is 33.6 Å². The SMILES string of the molecule is C[C@@H](O)[C@H](NC(=O)[C@H](Cc1c[nH]cn1)NC(=O)[C@@H](NC(=O)[C@H](CCCCN)NC(=O)[C@H](CC(=O)O)NC(=O)[C@H](CS)NC(=O)[C@@H](N)CO)[C@@H](C)O)C(=O)O. The number of unbranched alkanes of at least 4 members (excludes halogenated alkanes) is 1. The Hall–Kier alpha value is -4.88. The lowest BCUT2D eigenvalue weighted by Gasteiger charge is -2.28. The van der Waals surface area contributed by atoms with Crippen molar-refractivity contribution in [1.82, 2.24) is 41.9 Å². The van der Waals surface area contributed by atoms with E-state index in [1.165, 1.54) is 12.5 Å². The molecule has 304 valence electrons. The predicted octanol–water partition coefficient (Wildman–Crippen LogP) is -6.44. The number of aromatic nitrogens is 2. The van der Waals surface area contributed by atoms with Gasteiger partial charge in [-0.2, -0.15) is 12.6 Å². The van der Waals surface area contributed by atoms with Gasteiger partial charge in [0.15, 0.2) is 6.04 Å². The van der Waals surface area contributed by atoms with Crippen LogP contribution in [0.2, 0.25) is 0 Å². The molecule has 6 amide bonds. The summed E-state index contributed by atoms with van der Waals surface area (Å²) < 4.78 is 0. The zero-order valence-corrected chi connectivity index (χ0v) is 30.5. The maximum Gasteiger partial charge on any atom is 0.328 e. The third-order valence-electron chi connectivity index (χ3n) is 7.65. The van der Waals surface area contributed by atoms with E-state index in [1.807, 2.05) is 0 Å². The fourth-order valence-electron chi connectivity index (χ4n) is 4.63. The lowest BCUT2D eigenvalue weighted by molar-refractivity contribution is -0.145. The van der Waals surface area contributed by atoms with Gasteiger partial charge in [0.2, 0.25) is 35.4 Å². The molecule has 9 atom stereocenters. The number of carbonyl (C=O) groups is 8. The van der Waals surface area contributed by atoms with Crippen LogP contribution in [0.15, 0.2) is 12.5 Å². The summed E-state index contributed by atoms with van der Waals surface area (Å²) in [6.07, 6.45) is -1.30. The molecule has 54 heavy (non-hydrogen) atoms. The first-order valence-electron chi connectivity index (χ1n) is 16.6. The van der Waals surface area contributed by atoms with Crippen molar-refractivity contribution in [3.05, 3.63) is 18.2 Å². The molecule has 23 nitrogen and oxygen atoms in total. The highest BCUT2D eigenvalue weighted by atomic mass is 32.1. The first-order valence-corrected chi connectivity index (χ1v) is 17.3. The van der Waals surface area contributed by atoms with Gasteiger partial charge in [-0.15, -0.1) is 0 Å². The number of hydrogen-bond donors (Lipinski definition) is 15. The quantitative estimate of drug-likeness (QED) is 0.0323. The normalized spacial score (nSPS) is 16.1.